The summed E-state index contributed by atoms with van der Waals surface area (Å²) in [5.41, 5.74) is 1.43. The molecule has 0 spiro atoms. The fourth-order valence-electron chi connectivity index (χ4n) is 3.65. The van der Waals surface area contributed by atoms with Crippen LogP contribution in [0.25, 0.3) is 0 Å². The van der Waals surface area contributed by atoms with Crippen LogP contribution < -0.4 is 0 Å². The van der Waals surface area contributed by atoms with E-state index < -0.39 is 0 Å². The van der Waals surface area contributed by atoms with Crippen LogP contribution in [0.5, 0.6) is 0 Å². The molecule has 0 aromatic heterocycles. The summed E-state index contributed by atoms with van der Waals surface area (Å²) in [7, 11) is 0. The van der Waals surface area contributed by atoms with Crippen molar-refractivity contribution in [2.45, 2.75) is 44.9 Å². The normalized spacial score (nSPS) is 21.5. The number of amides is 1. The molecular formula is C20H30N2O. The molecule has 1 aliphatic carbocycles. The van der Waals surface area contributed by atoms with Gasteiger partial charge in [0.25, 0.3) is 0 Å². The van der Waals surface area contributed by atoms with Crippen molar-refractivity contribution in [3.05, 3.63) is 35.9 Å². The molecule has 1 atom stereocenters. The second-order valence-electron chi connectivity index (χ2n) is 7.25. The van der Waals surface area contributed by atoms with Crippen molar-refractivity contribution < 1.29 is 4.79 Å². The molecule has 3 nitrogen and oxygen atoms in total. The van der Waals surface area contributed by atoms with Gasteiger partial charge in [0.2, 0.25) is 5.91 Å². The summed E-state index contributed by atoms with van der Waals surface area (Å²) < 4.78 is 0. The lowest BCUT2D eigenvalue weighted by molar-refractivity contribution is -0.138. The number of carbonyl (C=O) groups is 1. The number of hydrogen-bond acceptors (Lipinski definition) is 2. The summed E-state index contributed by atoms with van der Waals surface area (Å²) >= 11 is 0. The van der Waals surface area contributed by atoms with Crippen molar-refractivity contribution in [1.29, 1.82) is 0 Å². The minimum absolute atomic E-state index is 0.347. The lowest BCUT2D eigenvalue weighted by Gasteiger charge is -2.31. The van der Waals surface area contributed by atoms with E-state index in [1.807, 2.05) is 0 Å². The molecule has 1 saturated carbocycles. The maximum atomic E-state index is 12.4. The topological polar surface area (TPSA) is 23.6 Å². The molecule has 1 aromatic rings. The summed E-state index contributed by atoms with van der Waals surface area (Å²) in [6.45, 7) is 7.52. The molecule has 1 heterocycles. The van der Waals surface area contributed by atoms with Gasteiger partial charge in [-0.25, -0.2) is 0 Å². The van der Waals surface area contributed by atoms with E-state index in [0.717, 1.165) is 52.0 Å². The van der Waals surface area contributed by atoms with Crippen molar-refractivity contribution in [2.75, 3.05) is 32.7 Å². The SMILES string of the molecule is C[C@H](CCN1CCCN(C(=O)C2CCC2)CC1)c1ccccc1. The molecule has 3 heteroatoms. The van der Waals surface area contributed by atoms with E-state index >= 15 is 0 Å². The van der Waals surface area contributed by atoms with Gasteiger partial charge in [0.1, 0.15) is 0 Å². The zero-order valence-corrected chi connectivity index (χ0v) is 14.4. The lowest BCUT2D eigenvalue weighted by atomic mass is 9.84. The van der Waals surface area contributed by atoms with Gasteiger partial charge in [0, 0.05) is 25.6 Å². The molecule has 1 amide bonds. The van der Waals surface area contributed by atoms with Crippen molar-refractivity contribution in [3.63, 3.8) is 0 Å². The quantitative estimate of drug-likeness (QED) is 0.830. The molecule has 2 fully saturated rings. The van der Waals surface area contributed by atoms with Crippen LogP contribution in [0.2, 0.25) is 0 Å². The van der Waals surface area contributed by atoms with Crippen molar-refractivity contribution >= 4 is 5.91 Å². The van der Waals surface area contributed by atoms with Gasteiger partial charge in [0.15, 0.2) is 0 Å². The molecule has 2 aliphatic rings. The predicted molar refractivity (Wildman–Crippen MR) is 94.5 cm³/mol. The Labute approximate surface area is 140 Å². The van der Waals surface area contributed by atoms with Gasteiger partial charge in [-0.2, -0.15) is 0 Å². The molecule has 1 saturated heterocycles. The molecule has 0 radical (unpaired) electrons. The van der Waals surface area contributed by atoms with Crippen molar-refractivity contribution in [1.82, 2.24) is 9.80 Å². The number of carbonyl (C=O) groups excluding carboxylic acids is 1. The molecule has 1 aliphatic heterocycles. The average molecular weight is 314 g/mol. The predicted octanol–water partition coefficient (Wildman–Crippen LogP) is 3.51. The third kappa shape index (κ3) is 4.35. The second-order valence-corrected chi connectivity index (χ2v) is 7.25. The Morgan fingerprint density at radius 1 is 1.09 bits per heavy atom. The van der Waals surface area contributed by atoms with E-state index in [1.54, 1.807) is 0 Å². The van der Waals surface area contributed by atoms with Crippen LogP contribution in [0.1, 0.15) is 50.5 Å². The smallest absolute Gasteiger partial charge is 0.225 e. The highest BCUT2D eigenvalue weighted by atomic mass is 16.2. The summed E-state index contributed by atoms with van der Waals surface area (Å²) in [4.78, 5) is 17.1. The highest BCUT2D eigenvalue weighted by molar-refractivity contribution is 5.79. The fraction of sp³-hybridized carbons (Fsp3) is 0.650. The first kappa shape index (κ1) is 16.5. The molecule has 23 heavy (non-hydrogen) atoms. The Kier molecular flexibility index (Phi) is 5.71. The Hall–Kier alpha value is -1.35. The maximum Gasteiger partial charge on any atom is 0.225 e. The number of benzene rings is 1. The summed E-state index contributed by atoms with van der Waals surface area (Å²) in [6.07, 6.45) is 5.80. The monoisotopic (exact) mass is 314 g/mol. The molecule has 1 aromatic carbocycles. The van der Waals surface area contributed by atoms with E-state index in [-0.39, 0.29) is 0 Å². The van der Waals surface area contributed by atoms with Gasteiger partial charge in [-0.15, -0.1) is 0 Å². The van der Waals surface area contributed by atoms with Crippen LogP contribution in [0, 0.1) is 5.92 Å². The van der Waals surface area contributed by atoms with Gasteiger partial charge in [0.05, 0.1) is 0 Å². The number of hydrogen-bond donors (Lipinski definition) is 0. The number of nitrogens with zero attached hydrogens (tertiary/aromatic N) is 2. The third-order valence-electron chi connectivity index (χ3n) is 5.60. The van der Waals surface area contributed by atoms with Crippen LogP contribution in [-0.2, 0) is 4.79 Å². The highest BCUT2D eigenvalue weighted by Crippen LogP contribution is 2.28. The summed E-state index contributed by atoms with van der Waals surface area (Å²) in [6, 6.07) is 10.8. The van der Waals surface area contributed by atoms with Crippen molar-refractivity contribution in [2.24, 2.45) is 5.92 Å². The third-order valence-corrected chi connectivity index (χ3v) is 5.60. The average Bonchev–Trinajstić information content (AvgIpc) is 2.77. The first-order valence-electron chi connectivity index (χ1n) is 9.30. The van der Waals surface area contributed by atoms with E-state index in [2.05, 4.69) is 47.1 Å². The van der Waals surface area contributed by atoms with E-state index in [1.165, 1.54) is 18.4 Å². The minimum Gasteiger partial charge on any atom is -0.341 e. The Balaban J connectivity index is 1.44. The molecule has 0 N–H and O–H groups in total. The molecule has 0 bridgehead atoms. The van der Waals surface area contributed by atoms with Crippen molar-refractivity contribution in [3.8, 4) is 0 Å². The van der Waals surface area contributed by atoms with Gasteiger partial charge in [-0.05, 0) is 50.3 Å². The van der Waals surface area contributed by atoms with Crippen LogP contribution in [0.15, 0.2) is 30.3 Å². The summed E-state index contributed by atoms with van der Waals surface area (Å²) in [5, 5.41) is 0. The van der Waals surface area contributed by atoms with E-state index in [0.29, 0.717) is 17.7 Å². The maximum absolute atomic E-state index is 12.4. The standard InChI is InChI=1S/C20H30N2O/c1-17(18-7-3-2-4-8-18)11-14-21-12-6-13-22(16-15-21)20(23)19-9-5-10-19/h2-4,7-8,17,19H,5-6,9-16H2,1H3/t17-/m1/s1. The Morgan fingerprint density at radius 2 is 1.87 bits per heavy atom. The van der Waals surface area contributed by atoms with Crippen LogP contribution in [-0.4, -0.2) is 48.4 Å². The number of rotatable bonds is 5. The zero-order chi connectivity index (χ0) is 16.1. The Morgan fingerprint density at radius 3 is 2.57 bits per heavy atom. The fourth-order valence-corrected chi connectivity index (χ4v) is 3.65. The second kappa shape index (κ2) is 7.96. The van der Waals surface area contributed by atoms with Crippen LogP contribution >= 0.6 is 0 Å². The largest absolute Gasteiger partial charge is 0.341 e. The van der Waals surface area contributed by atoms with Gasteiger partial charge >= 0.3 is 0 Å². The molecule has 126 valence electrons. The van der Waals surface area contributed by atoms with E-state index in [9.17, 15) is 4.79 Å². The first-order valence-corrected chi connectivity index (χ1v) is 9.30. The summed E-state index contributed by atoms with van der Waals surface area (Å²) in [5.74, 6) is 1.38. The Bertz CT molecular complexity index is 498. The van der Waals surface area contributed by atoms with Crippen LogP contribution in [0.4, 0.5) is 0 Å². The molecule has 3 rings (SSSR count). The van der Waals surface area contributed by atoms with Gasteiger partial charge < -0.3 is 9.80 Å². The lowest BCUT2D eigenvalue weighted by Crippen LogP contribution is -2.41. The van der Waals surface area contributed by atoms with Crippen LogP contribution in [0.3, 0.4) is 0 Å². The van der Waals surface area contributed by atoms with Gasteiger partial charge in [-0.1, -0.05) is 43.7 Å². The molecule has 0 unspecified atom stereocenters. The highest BCUT2D eigenvalue weighted by Gasteiger charge is 2.30. The minimum atomic E-state index is 0.347. The zero-order valence-electron chi connectivity index (χ0n) is 14.4. The van der Waals surface area contributed by atoms with E-state index in [4.69, 9.17) is 0 Å². The first-order chi connectivity index (χ1) is 11.2. The molecular weight excluding hydrogens is 284 g/mol. The van der Waals surface area contributed by atoms with Gasteiger partial charge in [-0.3, -0.25) is 4.79 Å².